The van der Waals surface area contributed by atoms with Gasteiger partial charge in [0.2, 0.25) is 0 Å². The maximum Gasteiger partial charge on any atom is 0.108 e. The Morgan fingerprint density at radius 3 is 2.88 bits per heavy atom. The van der Waals surface area contributed by atoms with Gasteiger partial charge in [0, 0.05) is 45.0 Å². The number of hydrogen-bond acceptors (Lipinski definition) is 4. The van der Waals surface area contributed by atoms with E-state index in [1.807, 2.05) is 24.0 Å². The molecule has 0 radical (unpaired) electrons. The monoisotopic (exact) mass is 327 g/mol. The third kappa shape index (κ3) is 3.24. The number of aryl methyl sites for hydroxylation is 1. The zero-order valence-corrected chi connectivity index (χ0v) is 14.2. The molecule has 4 rings (SSSR count). The molecule has 0 aliphatic carbocycles. The lowest BCUT2D eigenvalue weighted by molar-refractivity contribution is -0.0959. The van der Waals surface area contributed by atoms with Crippen molar-refractivity contribution in [1.82, 2.24) is 14.7 Å². The van der Waals surface area contributed by atoms with E-state index in [1.165, 1.54) is 11.1 Å². The first-order valence-electron chi connectivity index (χ1n) is 8.73. The van der Waals surface area contributed by atoms with Gasteiger partial charge in [-0.25, -0.2) is 0 Å². The molecule has 2 aliphatic heterocycles. The van der Waals surface area contributed by atoms with Crippen molar-refractivity contribution in [2.75, 3.05) is 19.7 Å². The van der Waals surface area contributed by atoms with Crippen LogP contribution in [0, 0.1) is 0 Å². The van der Waals surface area contributed by atoms with Crippen LogP contribution in [0.25, 0.3) is 0 Å². The quantitative estimate of drug-likeness (QED) is 0.845. The van der Waals surface area contributed by atoms with E-state index >= 15 is 0 Å². The average molecular weight is 327 g/mol. The molecular formula is C19H25N3O2. The number of hydrogen-bond donors (Lipinski definition) is 0. The Hall–Kier alpha value is -1.69. The van der Waals surface area contributed by atoms with Crippen molar-refractivity contribution in [2.24, 2.45) is 7.05 Å². The van der Waals surface area contributed by atoms with Gasteiger partial charge < -0.3 is 9.47 Å². The summed E-state index contributed by atoms with van der Waals surface area (Å²) in [5.74, 6) is 0. The zero-order valence-electron chi connectivity index (χ0n) is 14.2. The predicted octanol–water partition coefficient (Wildman–Crippen LogP) is 2.37. The molecule has 1 aromatic heterocycles. The van der Waals surface area contributed by atoms with Gasteiger partial charge in [-0.3, -0.25) is 9.58 Å². The van der Waals surface area contributed by atoms with E-state index in [0.717, 1.165) is 39.1 Å². The van der Waals surface area contributed by atoms with E-state index in [2.05, 4.69) is 40.5 Å². The molecule has 0 saturated carbocycles. The highest BCUT2D eigenvalue weighted by atomic mass is 16.6. The van der Waals surface area contributed by atoms with Crippen LogP contribution in [0.4, 0.5) is 0 Å². The molecular weight excluding hydrogens is 302 g/mol. The largest absolute Gasteiger partial charge is 0.371 e. The first-order chi connectivity index (χ1) is 11.7. The van der Waals surface area contributed by atoms with Crippen molar-refractivity contribution in [3.63, 3.8) is 0 Å². The van der Waals surface area contributed by atoms with E-state index in [-0.39, 0.29) is 11.7 Å². The Kier molecular flexibility index (Phi) is 4.39. The summed E-state index contributed by atoms with van der Waals surface area (Å²) in [7, 11) is 1.96. The normalized spacial score (nSPS) is 27.3. The van der Waals surface area contributed by atoms with Gasteiger partial charge in [0.15, 0.2) is 0 Å². The van der Waals surface area contributed by atoms with Crippen molar-refractivity contribution in [3.05, 3.63) is 53.9 Å². The Bertz CT molecular complexity index is 664. The molecule has 0 amide bonds. The van der Waals surface area contributed by atoms with Gasteiger partial charge in [0.05, 0.1) is 12.8 Å². The lowest BCUT2D eigenvalue weighted by Gasteiger charge is -2.29. The number of rotatable bonds is 5. The summed E-state index contributed by atoms with van der Waals surface area (Å²) in [6.07, 6.45) is 6.39. The molecule has 0 unspecified atom stereocenters. The zero-order chi connectivity index (χ0) is 16.4. The summed E-state index contributed by atoms with van der Waals surface area (Å²) in [4.78, 5) is 2.44. The molecule has 128 valence electrons. The van der Waals surface area contributed by atoms with Gasteiger partial charge in [-0.1, -0.05) is 30.3 Å². The summed E-state index contributed by atoms with van der Waals surface area (Å²) in [6.45, 7) is 4.27. The standard InChI is InChI=1S/C19H25N3O2/c1-21-11-17(10-20-21)12-22-13-18(19(15-22)8-5-9-24-19)23-14-16-6-3-2-4-7-16/h2-4,6-7,10-11,18H,5,8-9,12-15H2,1H3/t18-,19-/m0/s1. The summed E-state index contributed by atoms with van der Waals surface area (Å²) >= 11 is 0. The third-order valence-electron chi connectivity index (χ3n) is 5.09. The second kappa shape index (κ2) is 6.67. The second-order valence-electron chi connectivity index (χ2n) is 6.99. The Morgan fingerprint density at radius 2 is 2.17 bits per heavy atom. The highest BCUT2D eigenvalue weighted by molar-refractivity contribution is 5.14. The van der Waals surface area contributed by atoms with E-state index in [0.29, 0.717) is 6.61 Å². The van der Waals surface area contributed by atoms with Crippen LogP contribution in [0.15, 0.2) is 42.7 Å². The first kappa shape index (κ1) is 15.8. The fourth-order valence-corrected chi connectivity index (χ4v) is 3.95. The minimum Gasteiger partial charge on any atom is -0.371 e. The number of ether oxygens (including phenoxy) is 2. The summed E-state index contributed by atoms with van der Waals surface area (Å²) in [6, 6.07) is 10.4. The number of benzene rings is 1. The minimum absolute atomic E-state index is 0.128. The summed E-state index contributed by atoms with van der Waals surface area (Å²) < 4.78 is 14.4. The number of likely N-dealkylation sites (tertiary alicyclic amines) is 1. The van der Waals surface area contributed by atoms with Crippen molar-refractivity contribution < 1.29 is 9.47 Å². The SMILES string of the molecule is Cn1cc(CN2C[C@H](OCc3ccccc3)[C@]3(CCCO3)C2)cn1. The van der Waals surface area contributed by atoms with Gasteiger partial charge in [-0.05, 0) is 18.4 Å². The molecule has 1 aromatic carbocycles. The molecule has 2 atom stereocenters. The van der Waals surface area contributed by atoms with Crippen molar-refractivity contribution in [3.8, 4) is 0 Å². The first-order valence-corrected chi connectivity index (χ1v) is 8.73. The molecule has 2 aromatic rings. The van der Waals surface area contributed by atoms with Crippen LogP contribution in [0.1, 0.15) is 24.0 Å². The molecule has 24 heavy (non-hydrogen) atoms. The van der Waals surface area contributed by atoms with Gasteiger partial charge in [-0.15, -0.1) is 0 Å². The number of aromatic nitrogens is 2. The predicted molar refractivity (Wildman–Crippen MR) is 91.4 cm³/mol. The molecule has 2 aliphatic rings. The van der Waals surface area contributed by atoms with Crippen LogP contribution in [0.2, 0.25) is 0 Å². The Labute approximate surface area is 143 Å². The highest BCUT2D eigenvalue weighted by Crippen LogP contribution is 2.37. The van der Waals surface area contributed by atoms with Crippen molar-refractivity contribution in [2.45, 2.75) is 37.7 Å². The van der Waals surface area contributed by atoms with Crippen LogP contribution in [0.3, 0.4) is 0 Å². The van der Waals surface area contributed by atoms with Crippen LogP contribution >= 0.6 is 0 Å². The van der Waals surface area contributed by atoms with E-state index in [4.69, 9.17) is 9.47 Å². The molecule has 2 fully saturated rings. The maximum atomic E-state index is 6.31. The number of nitrogens with zero attached hydrogens (tertiary/aromatic N) is 3. The molecule has 5 nitrogen and oxygen atoms in total. The van der Waals surface area contributed by atoms with Gasteiger partial charge >= 0.3 is 0 Å². The van der Waals surface area contributed by atoms with E-state index in [1.54, 1.807) is 0 Å². The lowest BCUT2D eigenvalue weighted by atomic mass is 9.96. The van der Waals surface area contributed by atoms with Crippen molar-refractivity contribution in [1.29, 1.82) is 0 Å². The smallest absolute Gasteiger partial charge is 0.108 e. The molecule has 0 bridgehead atoms. The summed E-state index contributed by atoms with van der Waals surface area (Å²) in [5.41, 5.74) is 2.34. The lowest BCUT2D eigenvalue weighted by Crippen LogP contribution is -2.42. The van der Waals surface area contributed by atoms with Gasteiger partial charge in [-0.2, -0.15) is 5.10 Å². The molecule has 2 saturated heterocycles. The maximum absolute atomic E-state index is 6.31. The third-order valence-corrected chi connectivity index (χ3v) is 5.09. The fourth-order valence-electron chi connectivity index (χ4n) is 3.95. The average Bonchev–Trinajstić information content (AvgIpc) is 3.30. The van der Waals surface area contributed by atoms with E-state index in [9.17, 15) is 0 Å². The fraction of sp³-hybridized carbons (Fsp3) is 0.526. The van der Waals surface area contributed by atoms with Crippen molar-refractivity contribution >= 4 is 0 Å². The Morgan fingerprint density at radius 1 is 1.29 bits per heavy atom. The minimum atomic E-state index is -0.128. The van der Waals surface area contributed by atoms with Gasteiger partial charge in [0.1, 0.15) is 11.7 Å². The second-order valence-corrected chi connectivity index (χ2v) is 6.99. The highest BCUT2D eigenvalue weighted by Gasteiger charge is 2.50. The molecule has 0 N–H and O–H groups in total. The van der Waals surface area contributed by atoms with Crippen LogP contribution in [-0.2, 0) is 29.7 Å². The molecule has 1 spiro atoms. The van der Waals surface area contributed by atoms with Crippen LogP contribution < -0.4 is 0 Å². The Balaban J connectivity index is 1.43. The topological polar surface area (TPSA) is 39.5 Å². The molecule has 5 heteroatoms. The van der Waals surface area contributed by atoms with E-state index < -0.39 is 0 Å². The van der Waals surface area contributed by atoms with Gasteiger partial charge in [0.25, 0.3) is 0 Å². The van der Waals surface area contributed by atoms with Crippen LogP contribution in [-0.4, -0.2) is 46.1 Å². The molecule has 3 heterocycles. The van der Waals surface area contributed by atoms with Crippen LogP contribution in [0.5, 0.6) is 0 Å². The summed E-state index contributed by atoms with van der Waals surface area (Å²) in [5, 5.41) is 4.27.